The van der Waals surface area contributed by atoms with Crippen LogP contribution in [0, 0.1) is 0 Å². The summed E-state index contributed by atoms with van der Waals surface area (Å²) in [6.07, 6.45) is 0. The molecular formula is C58H38N2O2. The highest BCUT2D eigenvalue weighted by atomic mass is 16.5. The molecule has 0 radical (unpaired) electrons. The van der Waals surface area contributed by atoms with Crippen LogP contribution in [0.5, 0.6) is 11.5 Å². The van der Waals surface area contributed by atoms with Crippen molar-refractivity contribution in [2.24, 2.45) is 0 Å². The van der Waals surface area contributed by atoms with E-state index in [0.717, 1.165) is 101 Å². The van der Waals surface area contributed by atoms with Gasteiger partial charge >= 0.3 is 0 Å². The fourth-order valence-electron chi connectivity index (χ4n) is 9.17. The zero-order valence-electron chi connectivity index (χ0n) is 33.7. The van der Waals surface area contributed by atoms with Crippen LogP contribution < -0.4 is 14.5 Å². The Balaban J connectivity index is 0.999. The van der Waals surface area contributed by atoms with Gasteiger partial charge in [0.1, 0.15) is 22.7 Å². The number of hydrogen-bond donors (Lipinski definition) is 0. The molecule has 1 aliphatic rings. The van der Waals surface area contributed by atoms with E-state index in [1.54, 1.807) is 0 Å². The summed E-state index contributed by atoms with van der Waals surface area (Å²) in [5.74, 6) is 1.68. The first-order valence-corrected chi connectivity index (χ1v) is 21.0. The number of ether oxygens (including phenoxy) is 1. The Morgan fingerprint density at radius 2 is 0.839 bits per heavy atom. The van der Waals surface area contributed by atoms with Crippen LogP contribution in [0.2, 0.25) is 0 Å². The van der Waals surface area contributed by atoms with E-state index >= 15 is 0 Å². The molecule has 0 saturated heterocycles. The van der Waals surface area contributed by atoms with Crippen molar-refractivity contribution in [2.75, 3.05) is 9.80 Å². The van der Waals surface area contributed by atoms with Crippen molar-refractivity contribution in [2.45, 2.75) is 0 Å². The van der Waals surface area contributed by atoms with Gasteiger partial charge in [-0.15, -0.1) is 0 Å². The van der Waals surface area contributed by atoms with Crippen LogP contribution in [0.4, 0.5) is 34.1 Å². The van der Waals surface area contributed by atoms with Gasteiger partial charge in [0.25, 0.3) is 0 Å². The number of furan rings is 1. The quantitative estimate of drug-likeness (QED) is 0.153. The molecule has 0 aliphatic carbocycles. The predicted octanol–water partition coefficient (Wildman–Crippen LogP) is 16.8. The molecule has 4 heteroatoms. The highest BCUT2D eigenvalue weighted by molar-refractivity contribution is 6.12. The Kier molecular flexibility index (Phi) is 8.46. The van der Waals surface area contributed by atoms with E-state index in [-0.39, 0.29) is 0 Å². The molecule has 0 unspecified atom stereocenters. The molecule has 0 saturated carbocycles. The lowest BCUT2D eigenvalue weighted by atomic mass is 9.93. The Morgan fingerprint density at radius 1 is 0.306 bits per heavy atom. The lowest BCUT2D eigenvalue weighted by Gasteiger charge is -2.30. The minimum atomic E-state index is 0.839. The lowest BCUT2D eigenvalue weighted by molar-refractivity contribution is 0.487. The Hall–Kier alpha value is -8.34. The number of anilines is 6. The molecule has 4 nitrogen and oxygen atoms in total. The van der Waals surface area contributed by atoms with E-state index in [9.17, 15) is 0 Å². The molecule has 0 fully saturated rings. The van der Waals surface area contributed by atoms with Gasteiger partial charge in [-0.05, 0) is 107 Å². The Morgan fingerprint density at radius 3 is 1.55 bits per heavy atom. The van der Waals surface area contributed by atoms with Gasteiger partial charge in [-0.3, -0.25) is 0 Å². The molecular weight excluding hydrogens is 757 g/mol. The van der Waals surface area contributed by atoms with E-state index in [1.165, 1.54) is 11.1 Å². The van der Waals surface area contributed by atoms with Gasteiger partial charge in [0.15, 0.2) is 0 Å². The van der Waals surface area contributed by atoms with Crippen LogP contribution in [-0.2, 0) is 0 Å². The summed E-state index contributed by atoms with van der Waals surface area (Å²) in [5.41, 5.74) is 14.9. The highest BCUT2D eigenvalue weighted by Crippen LogP contribution is 2.52. The number of benzene rings is 10. The maximum atomic E-state index is 6.78. The summed E-state index contributed by atoms with van der Waals surface area (Å²) in [7, 11) is 0. The third kappa shape index (κ3) is 6.00. The van der Waals surface area contributed by atoms with Crippen molar-refractivity contribution < 1.29 is 9.15 Å². The molecule has 0 N–H and O–H groups in total. The molecule has 1 aromatic heterocycles. The summed E-state index contributed by atoms with van der Waals surface area (Å²) in [5, 5.41) is 4.43. The number of hydrogen-bond acceptors (Lipinski definition) is 4. The van der Waals surface area contributed by atoms with Crippen LogP contribution in [0.3, 0.4) is 0 Å². The van der Waals surface area contributed by atoms with Crippen LogP contribution in [0.25, 0.3) is 66.1 Å². The van der Waals surface area contributed by atoms with Crippen molar-refractivity contribution in [1.29, 1.82) is 0 Å². The second-order valence-corrected chi connectivity index (χ2v) is 15.7. The smallest absolute Gasteiger partial charge is 0.143 e. The van der Waals surface area contributed by atoms with Crippen molar-refractivity contribution in [1.82, 2.24) is 0 Å². The average Bonchev–Trinajstić information content (AvgIpc) is 3.73. The molecule has 2 heterocycles. The summed E-state index contributed by atoms with van der Waals surface area (Å²) >= 11 is 0. The molecule has 62 heavy (non-hydrogen) atoms. The monoisotopic (exact) mass is 794 g/mol. The summed E-state index contributed by atoms with van der Waals surface area (Å²) in [4.78, 5) is 4.66. The first kappa shape index (κ1) is 35.6. The number of rotatable bonds is 8. The Labute approximate surface area is 359 Å². The number of para-hydroxylation sites is 4. The molecule has 0 bridgehead atoms. The zero-order chi connectivity index (χ0) is 41.0. The molecule has 10 aromatic carbocycles. The van der Waals surface area contributed by atoms with Gasteiger partial charge in [-0.2, -0.15) is 0 Å². The molecule has 1 aliphatic heterocycles. The fraction of sp³-hybridized carbons (Fsp3) is 0. The lowest BCUT2D eigenvalue weighted by Crippen LogP contribution is -2.12. The van der Waals surface area contributed by atoms with Crippen molar-refractivity contribution >= 4 is 66.8 Å². The SMILES string of the molecule is c1ccc(-c2ccc(N(c3ccc(-c4cccc5c4oc4ccccc45)cc3)c3ccc4c5c(cccc35)-c3cc(N(c5ccccc5)c5ccccc5)ccc3O4)cc2)cc1. The molecule has 292 valence electrons. The average molecular weight is 795 g/mol. The second-order valence-electron chi connectivity index (χ2n) is 15.7. The third-order valence-electron chi connectivity index (χ3n) is 12.1. The van der Waals surface area contributed by atoms with Crippen molar-refractivity contribution in [3.63, 3.8) is 0 Å². The molecule has 0 amide bonds. The normalized spacial score (nSPS) is 11.7. The van der Waals surface area contributed by atoms with Gasteiger partial charge in [-0.25, -0.2) is 0 Å². The highest BCUT2D eigenvalue weighted by Gasteiger charge is 2.26. The molecule has 12 rings (SSSR count). The molecule has 11 aromatic rings. The van der Waals surface area contributed by atoms with Gasteiger partial charge in [-0.1, -0.05) is 146 Å². The number of fused-ring (bicyclic) bond motifs is 5. The maximum Gasteiger partial charge on any atom is 0.143 e. The second kappa shape index (κ2) is 14.7. The summed E-state index contributed by atoms with van der Waals surface area (Å²) < 4.78 is 13.2. The van der Waals surface area contributed by atoms with Crippen molar-refractivity contribution in [3.8, 4) is 44.9 Å². The van der Waals surface area contributed by atoms with Crippen LogP contribution in [0.1, 0.15) is 0 Å². The van der Waals surface area contributed by atoms with Gasteiger partial charge in [0.2, 0.25) is 0 Å². The number of nitrogens with zero attached hydrogens (tertiary/aromatic N) is 2. The Bertz CT molecular complexity index is 3380. The van der Waals surface area contributed by atoms with E-state index in [2.05, 4.69) is 228 Å². The van der Waals surface area contributed by atoms with Crippen LogP contribution >= 0.6 is 0 Å². The van der Waals surface area contributed by atoms with Crippen LogP contribution in [0.15, 0.2) is 235 Å². The fourth-order valence-corrected chi connectivity index (χ4v) is 9.17. The first-order chi connectivity index (χ1) is 30.7. The van der Waals surface area contributed by atoms with Crippen molar-refractivity contribution in [3.05, 3.63) is 231 Å². The van der Waals surface area contributed by atoms with E-state index in [0.29, 0.717) is 0 Å². The first-order valence-electron chi connectivity index (χ1n) is 21.0. The topological polar surface area (TPSA) is 28.9 Å². The standard InChI is InChI=1S/C58H38N2O2/c1-4-14-39(15-5-1)40-26-30-44(31-27-40)60(45-32-28-41(29-33-45)47-21-12-23-50-48-20-10-11-25-54(48)62-58(47)50)53-35-37-56-57-49(22-13-24-51(53)57)52-38-46(34-36-55(52)61-56)59(42-16-6-2-7-17-42)43-18-8-3-9-19-43/h1-38H. The van der Waals surface area contributed by atoms with Gasteiger partial charge in [0.05, 0.1) is 5.69 Å². The minimum absolute atomic E-state index is 0.839. The largest absolute Gasteiger partial charge is 0.456 e. The summed E-state index contributed by atoms with van der Waals surface area (Å²) in [6.45, 7) is 0. The third-order valence-corrected chi connectivity index (χ3v) is 12.1. The maximum absolute atomic E-state index is 6.78. The van der Waals surface area contributed by atoms with Gasteiger partial charge < -0.3 is 19.0 Å². The van der Waals surface area contributed by atoms with E-state index in [4.69, 9.17) is 9.15 Å². The predicted molar refractivity (Wildman–Crippen MR) is 257 cm³/mol. The molecule has 0 atom stereocenters. The zero-order valence-corrected chi connectivity index (χ0v) is 33.7. The molecule has 0 spiro atoms. The van der Waals surface area contributed by atoms with Gasteiger partial charge in [0, 0.05) is 61.1 Å². The minimum Gasteiger partial charge on any atom is -0.456 e. The summed E-state index contributed by atoms with van der Waals surface area (Å²) in [6, 6.07) is 81.4. The van der Waals surface area contributed by atoms with E-state index in [1.807, 2.05) is 12.1 Å². The van der Waals surface area contributed by atoms with Crippen LogP contribution in [-0.4, -0.2) is 0 Å². The van der Waals surface area contributed by atoms with E-state index < -0.39 is 0 Å².